The molecule has 1 unspecified atom stereocenters. The van der Waals surface area contributed by atoms with Gasteiger partial charge in [0.25, 0.3) is 11.8 Å². The molecule has 1 aliphatic heterocycles. The van der Waals surface area contributed by atoms with Crippen LogP contribution >= 0.6 is 11.8 Å². The molecule has 1 heterocycles. The van der Waals surface area contributed by atoms with Crippen LogP contribution in [0.5, 0.6) is 0 Å². The topological polar surface area (TPSA) is 63.4 Å². The summed E-state index contributed by atoms with van der Waals surface area (Å²) in [7, 11) is 0. The van der Waals surface area contributed by atoms with Gasteiger partial charge in [-0.25, -0.2) is 0 Å². The number of rotatable bonds is 3. The summed E-state index contributed by atoms with van der Waals surface area (Å²) in [6.45, 7) is 1.87. The van der Waals surface area contributed by atoms with Crippen molar-refractivity contribution < 1.29 is 9.59 Å². The number of nitrogen functional groups attached to an aromatic ring is 1. The van der Waals surface area contributed by atoms with E-state index in [4.69, 9.17) is 5.73 Å². The van der Waals surface area contributed by atoms with Gasteiger partial charge in [0.05, 0.1) is 11.1 Å². The molecule has 0 saturated heterocycles. The third kappa shape index (κ3) is 1.80. The van der Waals surface area contributed by atoms with Crippen LogP contribution in [-0.4, -0.2) is 34.8 Å². The first-order valence-corrected chi connectivity index (χ1v) is 6.72. The van der Waals surface area contributed by atoms with Crippen LogP contribution in [0.25, 0.3) is 0 Å². The van der Waals surface area contributed by atoms with Crippen molar-refractivity contribution in [2.75, 3.05) is 17.7 Å². The number of amides is 2. The third-order valence-corrected chi connectivity index (χ3v) is 3.64. The second-order valence-electron chi connectivity index (χ2n) is 4.05. The molecule has 4 nitrogen and oxygen atoms in total. The highest BCUT2D eigenvalue weighted by molar-refractivity contribution is 7.98. The van der Waals surface area contributed by atoms with Crippen LogP contribution in [0, 0.1) is 0 Å². The SMILES string of the molecule is CSCC(C)N1C(=O)c2cccc(N)c2C1=O. The Morgan fingerprint density at radius 1 is 1.35 bits per heavy atom. The Morgan fingerprint density at radius 3 is 2.65 bits per heavy atom. The van der Waals surface area contributed by atoms with E-state index in [0.717, 1.165) is 5.75 Å². The molecule has 1 aliphatic rings. The maximum Gasteiger partial charge on any atom is 0.263 e. The zero-order valence-corrected chi connectivity index (χ0v) is 10.6. The van der Waals surface area contributed by atoms with Crippen molar-refractivity contribution in [1.29, 1.82) is 0 Å². The molecule has 1 atom stereocenters. The molecule has 1 aromatic rings. The minimum atomic E-state index is -0.273. The Morgan fingerprint density at radius 2 is 2.06 bits per heavy atom. The van der Waals surface area contributed by atoms with Gasteiger partial charge in [-0.2, -0.15) is 11.8 Å². The number of anilines is 1. The smallest absolute Gasteiger partial charge is 0.263 e. The number of imide groups is 1. The van der Waals surface area contributed by atoms with Crippen molar-refractivity contribution in [3.8, 4) is 0 Å². The van der Waals surface area contributed by atoms with Crippen molar-refractivity contribution in [1.82, 2.24) is 4.90 Å². The molecule has 0 aromatic heterocycles. The van der Waals surface area contributed by atoms with E-state index in [1.807, 2.05) is 13.2 Å². The van der Waals surface area contributed by atoms with E-state index in [2.05, 4.69) is 0 Å². The second-order valence-corrected chi connectivity index (χ2v) is 4.97. The third-order valence-electron chi connectivity index (χ3n) is 2.83. The minimum absolute atomic E-state index is 0.114. The van der Waals surface area contributed by atoms with Crippen molar-refractivity contribution in [3.63, 3.8) is 0 Å². The number of hydrogen-bond acceptors (Lipinski definition) is 4. The second kappa shape index (κ2) is 4.41. The average molecular weight is 250 g/mol. The molecular formula is C12H14N2O2S. The molecule has 0 radical (unpaired) electrons. The van der Waals surface area contributed by atoms with Gasteiger partial charge in [-0.3, -0.25) is 14.5 Å². The highest BCUT2D eigenvalue weighted by atomic mass is 32.2. The van der Waals surface area contributed by atoms with E-state index in [0.29, 0.717) is 16.8 Å². The molecular weight excluding hydrogens is 236 g/mol. The van der Waals surface area contributed by atoms with Gasteiger partial charge in [-0.15, -0.1) is 0 Å². The van der Waals surface area contributed by atoms with E-state index < -0.39 is 0 Å². The Labute approximate surface area is 104 Å². The molecule has 2 amide bonds. The van der Waals surface area contributed by atoms with Gasteiger partial charge in [-0.05, 0) is 25.3 Å². The van der Waals surface area contributed by atoms with Gasteiger partial charge in [0.1, 0.15) is 0 Å². The molecule has 2 N–H and O–H groups in total. The van der Waals surface area contributed by atoms with Crippen LogP contribution in [0.4, 0.5) is 5.69 Å². The fourth-order valence-corrected chi connectivity index (χ4v) is 2.68. The number of nitrogens with zero attached hydrogens (tertiary/aromatic N) is 1. The summed E-state index contributed by atoms with van der Waals surface area (Å²) in [4.78, 5) is 25.6. The minimum Gasteiger partial charge on any atom is -0.398 e. The van der Waals surface area contributed by atoms with E-state index in [9.17, 15) is 9.59 Å². The summed E-state index contributed by atoms with van der Waals surface area (Å²) in [5.74, 6) is 0.217. The molecule has 2 rings (SSSR count). The summed E-state index contributed by atoms with van der Waals surface area (Å²) < 4.78 is 0. The van der Waals surface area contributed by atoms with Gasteiger partial charge in [0, 0.05) is 17.5 Å². The Bertz CT molecular complexity index is 487. The van der Waals surface area contributed by atoms with Crippen LogP contribution in [0.2, 0.25) is 0 Å². The molecule has 0 aliphatic carbocycles. The molecule has 0 fully saturated rings. The quantitative estimate of drug-likeness (QED) is 0.654. The first-order chi connectivity index (χ1) is 8.07. The normalized spacial score (nSPS) is 16.2. The molecule has 0 spiro atoms. The zero-order valence-electron chi connectivity index (χ0n) is 9.77. The average Bonchev–Trinajstić information content (AvgIpc) is 2.53. The van der Waals surface area contributed by atoms with Crippen LogP contribution in [0.1, 0.15) is 27.6 Å². The van der Waals surface area contributed by atoms with Gasteiger partial charge in [0.15, 0.2) is 0 Å². The van der Waals surface area contributed by atoms with Crippen molar-refractivity contribution in [3.05, 3.63) is 29.3 Å². The van der Waals surface area contributed by atoms with Crippen LogP contribution in [0.3, 0.4) is 0 Å². The lowest BCUT2D eigenvalue weighted by Gasteiger charge is -2.21. The van der Waals surface area contributed by atoms with Crippen LogP contribution in [0.15, 0.2) is 18.2 Å². The summed E-state index contributed by atoms with van der Waals surface area (Å²) in [6, 6.07) is 4.88. The maximum absolute atomic E-state index is 12.2. The number of carbonyl (C=O) groups excluding carboxylic acids is 2. The lowest BCUT2D eigenvalue weighted by molar-refractivity contribution is 0.0612. The van der Waals surface area contributed by atoms with E-state index in [1.54, 1.807) is 30.0 Å². The van der Waals surface area contributed by atoms with Crippen molar-refractivity contribution in [2.45, 2.75) is 13.0 Å². The fraction of sp³-hybridized carbons (Fsp3) is 0.333. The van der Waals surface area contributed by atoms with Gasteiger partial charge in [-0.1, -0.05) is 6.07 Å². The first-order valence-electron chi connectivity index (χ1n) is 5.33. The summed E-state index contributed by atoms with van der Waals surface area (Å²) in [5.41, 5.74) is 6.90. The van der Waals surface area contributed by atoms with Gasteiger partial charge < -0.3 is 5.73 Å². The molecule has 0 bridgehead atoms. The van der Waals surface area contributed by atoms with E-state index >= 15 is 0 Å². The fourth-order valence-electron chi connectivity index (χ4n) is 2.05. The van der Waals surface area contributed by atoms with Crippen molar-refractivity contribution in [2.24, 2.45) is 0 Å². The largest absolute Gasteiger partial charge is 0.398 e. The van der Waals surface area contributed by atoms with Crippen molar-refractivity contribution >= 4 is 29.3 Å². The number of thioether (sulfide) groups is 1. The lowest BCUT2D eigenvalue weighted by atomic mass is 10.1. The van der Waals surface area contributed by atoms with E-state index in [1.165, 1.54) is 4.90 Å². The number of hydrogen-bond donors (Lipinski definition) is 1. The summed E-state index contributed by atoms with van der Waals surface area (Å²) in [6.07, 6.45) is 1.95. The Balaban J connectivity index is 2.42. The number of fused-ring (bicyclic) bond motifs is 1. The molecule has 90 valence electrons. The molecule has 1 aromatic carbocycles. The van der Waals surface area contributed by atoms with E-state index in [-0.39, 0.29) is 17.9 Å². The standard InChI is InChI=1S/C12H14N2O2S/c1-7(6-17-2)14-11(15)8-4-3-5-9(13)10(8)12(14)16/h3-5,7H,6,13H2,1-2H3. The Kier molecular flexibility index (Phi) is 3.11. The molecule has 0 saturated carbocycles. The zero-order chi connectivity index (χ0) is 12.6. The Hall–Kier alpha value is -1.49. The molecule has 17 heavy (non-hydrogen) atoms. The highest BCUT2D eigenvalue weighted by Crippen LogP contribution is 2.29. The molecule has 5 heteroatoms. The van der Waals surface area contributed by atoms with Crippen LogP contribution in [-0.2, 0) is 0 Å². The monoisotopic (exact) mass is 250 g/mol. The highest BCUT2D eigenvalue weighted by Gasteiger charge is 2.39. The number of benzene rings is 1. The predicted octanol–water partition coefficient (Wildman–Crippen LogP) is 1.62. The summed E-state index contributed by atoms with van der Waals surface area (Å²) >= 11 is 1.61. The number of nitrogens with two attached hydrogens (primary N) is 1. The first kappa shape index (κ1) is 12.0. The van der Waals surface area contributed by atoms with Crippen LogP contribution < -0.4 is 5.73 Å². The van der Waals surface area contributed by atoms with Gasteiger partial charge in [0.2, 0.25) is 0 Å². The summed E-state index contributed by atoms with van der Waals surface area (Å²) in [5, 5.41) is 0. The number of carbonyl (C=O) groups is 2. The van der Waals surface area contributed by atoms with Gasteiger partial charge >= 0.3 is 0 Å². The lowest BCUT2D eigenvalue weighted by Crippen LogP contribution is -2.39. The maximum atomic E-state index is 12.2. The predicted molar refractivity (Wildman–Crippen MR) is 69.2 cm³/mol.